The normalized spacial score (nSPS) is 11.0. The van der Waals surface area contributed by atoms with Crippen molar-refractivity contribution in [2.45, 2.75) is 6.42 Å². The molecule has 3 N–H and O–H groups in total. The fraction of sp³-hybridized carbons (Fsp3) is 0.0526. The van der Waals surface area contributed by atoms with Gasteiger partial charge in [0.25, 0.3) is 0 Å². The molecule has 5 nitrogen and oxygen atoms in total. The van der Waals surface area contributed by atoms with Crippen LogP contribution in [0.4, 0.5) is 0 Å². The lowest BCUT2D eigenvalue weighted by Gasteiger charge is -2.05. The Morgan fingerprint density at radius 1 is 1.00 bits per heavy atom. The number of phenols is 2. The van der Waals surface area contributed by atoms with Gasteiger partial charge in [-0.05, 0) is 40.1 Å². The van der Waals surface area contributed by atoms with E-state index < -0.39 is 0 Å². The first-order valence-corrected chi connectivity index (χ1v) is 7.44. The van der Waals surface area contributed by atoms with Gasteiger partial charge in [-0.2, -0.15) is 5.10 Å². The van der Waals surface area contributed by atoms with E-state index in [1.807, 2.05) is 42.5 Å². The number of hydrogen-bond donors (Lipinski definition) is 3. The van der Waals surface area contributed by atoms with Crippen molar-refractivity contribution in [3.05, 3.63) is 71.8 Å². The molecule has 0 aliphatic heterocycles. The number of carbonyl (C=O) groups is 1. The van der Waals surface area contributed by atoms with Crippen LogP contribution in [0.5, 0.6) is 11.5 Å². The Bertz CT molecular complexity index is 914. The van der Waals surface area contributed by atoms with Crippen LogP contribution >= 0.6 is 0 Å². The summed E-state index contributed by atoms with van der Waals surface area (Å²) in [5, 5.41) is 24.7. The van der Waals surface area contributed by atoms with E-state index in [4.69, 9.17) is 0 Å². The predicted octanol–water partition coefficient (Wildman–Crippen LogP) is 2.94. The summed E-state index contributed by atoms with van der Waals surface area (Å²) in [6, 6.07) is 18.0. The molecule has 0 unspecified atom stereocenters. The SMILES string of the molecule is O=C(Cc1cccc2ccccc12)NN=Cc1ccc(O)c(O)c1. The van der Waals surface area contributed by atoms with Crippen LogP contribution in [0.15, 0.2) is 65.8 Å². The van der Waals surface area contributed by atoms with E-state index in [0.29, 0.717) is 5.56 Å². The summed E-state index contributed by atoms with van der Waals surface area (Å²) in [5.41, 5.74) is 3.96. The Morgan fingerprint density at radius 2 is 1.79 bits per heavy atom. The summed E-state index contributed by atoms with van der Waals surface area (Å²) in [6.07, 6.45) is 1.62. The molecule has 0 bridgehead atoms. The number of phenolic OH excluding ortho intramolecular Hbond substituents is 2. The Balaban J connectivity index is 1.67. The summed E-state index contributed by atoms with van der Waals surface area (Å²) in [7, 11) is 0. The van der Waals surface area contributed by atoms with Gasteiger partial charge < -0.3 is 10.2 Å². The molecule has 0 atom stereocenters. The van der Waals surface area contributed by atoms with Gasteiger partial charge in [0.15, 0.2) is 11.5 Å². The van der Waals surface area contributed by atoms with Crippen LogP contribution in [0.2, 0.25) is 0 Å². The lowest BCUT2D eigenvalue weighted by molar-refractivity contribution is -0.120. The second-order valence-corrected chi connectivity index (χ2v) is 5.36. The topological polar surface area (TPSA) is 81.9 Å². The van der Waals surface area contributed by atoms with Gasteiger partial charge in [0.05, 0.1) is 12.6 Å². The number of fused-ring (bicyclic) bond motifs is 1. The highest BCUT2D eigenvalue weighted by Gasteiger charge is 2.06. The third-order valence-corrected chi connectivity index (χ3v) is 3.63. The number of hydrogen-bond acceptors (Lipinski definition) is 4. The minimum absolute atomic E-state index is 0.202. The molecular formula is C19H16N2O3. The average Bonchev–Trinajstić information content (AvgIpc) is 2.58. The van der Waals surface area contributed by atoms with E-state index in [-0.39, 0.29) is 23.8 Å². The number of carbonyl (C=O) groups excluding carboxylic acids is 1. The van der Waals surface area contributed by atoms with Crippen molar-refractivity contribution < 1.29 is 15.0 Å². The van der Waals surface area contributed by atoms with Crippen molar-refractivity contribution in [1.29, 1.82) is 0 Å². The number of benzene rings is 3. The van der Waals surface area contributed by atoms with Crippen LogP contribution in [0.25, 0.3) is 10.8 Å². The van der Waals surface area contributed by atoms with Crippen molar-refractivity contribution in [2.75, 3.05) is 0 Å². The Labute approximate surface area is 138 Å². The Morgan fingerprint density at radius 3 is 2.62 bits per heavy atom. The molecule has 0 spiro atoms. The van der Waals surface area contributed by atoms with Crippen LogP contribution in [0.1, 0.15) is 11.1 Å². The lowest BCUT2D eigenvalue weighted by atomic mass is 10.0. The molecule has 0 saturated heterocycles. The lowest BCUT2D eigenvalue weighted by Crippen LogP contribution is -2.19. The van der Waals surface area contributed by atoms with Crippen LogP contribution in [-0.2, 0) is 11.2 Å². The number of rotatable bonds is 4. The van der Waals surface area contributed by atoms with Crippen LogP contribution in [0.3, 0.4) is 0 Å². The number of nitrogens with zero attached hydrogens (tertiary/aromatic N) is 1. The molecule has 3 aromatic rings. The van der Waals surface area contributed by atoms with Crippen LogP contribution in [0, 0.1) is 0 Å². The second-order valence-electron chi connectivity index (χ2n) is 5.36. The fourth-order valence-corrected chi connectivity index (χ4v) is 2.46. The first-order valence-electron chi connectivity index (χ1n) is 7.44. The number of nitrogens with one attached hydrogen (secondary N) is 1. The van der Waals surface area contributed by atoms with Crippen molar-refractivity contribution in [2.24, 2.45) is 5.10 Å². The summed E-state index contributed by atoms with van der Waals surface area (Å²) in [6.45, 7) is 0. The Kier molecular flexibility index (Phi) is 4.43. The molecule has 0 aliphatic rings. The molecule has 0 fully saturated rings. The minimum atomic E-state index is -0.235. The van der Waals surface area contributed by atoms with Gasteiger partial charge >= 0.3 is 0 Å². The third kappa shape index (κ3) is 3.52. The van der Waals surface area contributed by atoms with Gasteiger partial charge in [-0.3, -0.25) is 4.79 Å². The van der Waals surface area contributed by atoms with E-state index in [2.05, 4.69) is 10.5 Å². The van der Waals surface area contributed by atoms with E-state index in [1.165, 1.54) is 18.3 Å². The maximum absolute atomic E-state index is 12.1. The zero-order valence-corrected chi connectivity index (χ0v) is 12.8. The van der Waals surface area contributed by atoms with E-state index in [0.717, 1.165) is 16.3 Å². The van der Waals surface area contributed by atoms with E-state index in [1.54, 1.807) is 6.07 Å². The summed E-state index contributed by atoms with van der Waals surface area (Å²) < 4.78 is 0. The highest BCUT2D eigenvalue weighted by atomic mass is 16.3. The quantitative estimate of drug-likeness (QED) is 0.393. The molecule has 0 heterocycles. The molecule has 0 radical (unpaired) electrons. The van der Waals surface area contributed by atoms with Gasteiger partial charge in [-0.25, -0.2) is 5.43 Å². The summed E-state index contributed by atoms with van der Waals surface area (Å²) >= 11 is 0. The molecule has 1 amide bonds. The first-order chi connectivity index (χ1) is 11.6. The summed E-state index contributed by atoms with van der Waals surface area (Å²) in [4.78, 5) is 12.1. The van der Waals surface area contributed by atoms with Crippen molar-refractivity contribution in [3.63, 3.8) is 0 Å². The largest absolute Gasteiger partial charge is 0.504 e. The predicted molar refractivity (Wildman–Crippen MR) is 93.2 cm³/mol. The van der Waals surface area contributed by atoms with Gasteiger partial charge in [0, 0.05) is 0 Å². The third-order valence-electron chi connectivity index (χ3n) is 3.63. The number of amides is 1. The molecule has 0 aromatic heterocycles. The first kappa shape index (κ1) is 15.6. The fourth-order valence-electron chi connectivity index (χ4n) is 2.46. The summed E-state index contributed by atoms with van der Waals surface area (Å²) in [5.74, 6) is -0.668. The molecule has 24 heavy (non-hydrogen) atoms. The maximum Gasteiger partial charge on any atom is 0.244 e. The van der Waals surface area contributed by atoms with Gasteiger partial charge in [-0.15, -0.1) is 0 Å². The molecule has 5 heteroatoms. The van der Waals surface area contributed by atoms with Gasteiger partial charge in [-0.1, -0.05) is 42.5 Å². The monoisotopic (exact) mass is 320 g/mol. The molecule has 0 saturated carbocycles. The van der Waals surface area contributed by atoms with Crippen LogP contribution in [-0.4, -0.2) is 22.3 Å². The van der Waals surface area contributed by atoms with Crippen LogP contribution < -0.4 is 5.43 Å². The second kappa shape index (κ2) is 6.83. The van der Waals surface area contributed by atoms with E-state index in [9.17, 15) is 15.0 Å². The van der Waals surface area contributed by atoms with Gasteiger partial charge in [0.1, 0.15) is 0 Å². The van der Waals surface area contributed by atoms with Crippen molar-refractivity contribution >= 4 is 22.9 Å². The van der Waals surface area contributed by atoms with E-state index >= 15 is 0 Å². The zero-order valence-electron chi connectivity index (χ0n) is 12.8. The Hall–Kier alpha value is -3.34. The zero-order chi connectivity index (χ0) is 16.9. The van der Waals surface area contributed by atoms with Crippen molar-refractivity contribution in [3.8, 4) is 11.5 Å². The molecule has 120 valence electrons. The number of hydrazone groups is 1. The standard InChI is InChI=1S/C19H16N2O3/c22-17-9-8-13(10-18(17)23)12-20-21-19(24)11-15-6-3-5-14-4-1-2-7-16(14)15/h1-10,12,22-23H,11H2,(H,21,24). The number of aromatic hydroxyl groups is 2. The average molecular weight is 320 g/mol. The molecule has 3 aromatic carbocycles. The minimum Gasteiger partial charge on any atom is -0.504 e. The highest BCUT2D eigenvalue weighted by Crippen LogP contribution is 2.24. The molecule has 3 rings (SSSR count). The van der Waals surface area contributed by atoms with Gasteiger partial charge in [0.2, 0.25) is 5.91 Å². The highest BCUT2D eigenvalue weighted by molar-refractivity contribution is 5.90. The molecular weight excluding hydrogens is 304 g/mol. The molecule has 0 aliphatic carbocycles. The maximum atomic E-state index is 12.1. The van der Waals surface area contributed by atoms with Crippen molar-refractivity contribution in [1.82, 2.24) is 5.43 Å². The smallest absolute Gasteiger partial charge is 0.244 e.